The Labute approximate surface area is 173 Å². The molecule has 1 fully saturated rings. The van der Waals surface area contributed by atoms with Crippen LogP contribution in [0.15, 0.2) is 73.4 Å². The number of aryl methyl sites for hydroxylation is 1. The van der Waals surface area contributed by atoms with E-state index in [0.717, 1.165) is 15.6 Å². The van der Waals surface area contributed by atoms with Crippen LogP contribution in [0.5, 0.6) is 0 Å². The fraction of sp³-hybridized carbons (Fsp3) is 0.0476. The van der Waals surface area contributed by atoms with Crippen molar-refractivity contribution in [3.8, 4) is 11.3 Å². The molecule has 0 radical (unpaired) electrons. The standard InChI is InChI=1S/C21H14BrFN2O2S/c1-12-2-8-16(17(22)10-12)18-9-7-15(27-18)11-19-20(26)25-21(28-19)24-14-5-3-13(23)4-6-14/h2-11H,1H3,(H,24,25,26)/b19-11-. The second-order valence-electron chi connectivity index (χ2n) is 6.14. The summed E-state index contributed by atoms with van der Waals surface area (Å²) >= 11 is 4.76. The number of amidine groups is 1. The van der Waals surface area contributed by atoms with E-state index in [9.17, 15) is 9.18 Å². The summed E-state index contributed by atoms with van der Waals surface area (Å²) in [5, 5.41) is 3.14. The van der Waals surface area contributed by atoms with E-state index in [2.05, 4.69) is 26.2 Å². The Balaban J connectivity index is 1.55. The lowest BCUT2D eigenvalue weighted by atomic mass is 10.1. The number of carbonyl (C=O) groups excluding carboxylic acids is 1. The maximum atomic E-state index is 13.0. The molecule has 4 rings (SSSR count). The minimum absolute atomic E-state index is 0.250. The van der Waals surface area contributed by atoms with Gasteiger partial charge in [0.15, 0.2) is 5.17 Å². The topological polar surface area (TPSA) is 54.6 Å². The molecular formula is C21H14BrFN2O2S. The number of aliphatic imine (C=N–C) groups is 1. The Morgan fingerprint density at radius 2 is 1.93 bits per heavy atom. The van der Waals surface area contributed by atoms with Crippen molar-refractivity contribution < 1.29 is 13.6 Å². The van der Waals surface area contributed by atoms with Crippen LogP contribution in [-0.4, -0.2) is 11.1 Å². The molecule has 4 nitrogen and oxygen atoms in total. The molecule has 1 aliphatic rings. The van der Waals surface area contributed by atoms with Gasteiger partial charge in [-0.3, -0.25) is 4.79 Å². The highest BCUT2D eigenvalue weighted by Crippen LogP contribution is 2.33. The summed E-state index contributed by atoms with van der Waals surface area (Å²) in [5.74, 6) is 0.701. The van der Waals surface area contributed by atoms with Crippen LogP contribution >= 0.6 is 27.7 Å². The van der Waals surface area contributed by atoms with E-state index in [1.54, 1.807) is 18.2 Å². The minimum Gasteiger partial charge on any atom is -0.457 e. The molecule has 0 aliphatic carbocycles. The molecule has 2 aromatic carbocycles. The van der Waals surface area contributed by atoms with Gasteiger partial charge in [0.05, 0.1) is 10.6 Å². The number of amides is 1. The average molecular weight is 457 g/mol. The van der Waals surface area contributed by atoms with Crippen LogP contribution < -0.4 is 5.32 Å². The third-order valence-electron chi connectivity index (χ3n) is 4.00. The van der Waals surface area contributed by atoms with E-state index in [4.69, 9.17) is 4.42 Å². The van der Waals surface area contributed by atoms with Crippen LogP contribution in [0, 0.1) is 12.7 Å². The first-order valence-corrected chi connectivity index (χ1v) is 10.0. The van der Waals surface area contributed by atoms with Gasteiger partial charge in [-0.05, 0) is 72.8 Å². The van der Waals surface area contributed by atoms with Gasteiger partial charge >= 0.3 is 0 Å². The molecule has 0 atom stereocenters. The van der Waals surface area contributed by atoms with E-state index >= 15 is 0 Å². The van der Waals surface area contributed by atoms with Gasteiger partial charge < -0.3 is 9.73 Å². The first kappa shape index (κ1) is 18.7. The number of rotatable bonds is 3. The molecule has 140 valence electrons. The van der Waals surface area contributed by atoms with Crippen LogP contribution in [0.4, 0.5) is 10.1 Å². The summed E-state index contributed by atoms with van der Waals surface area (Å²) in [6.45, 7) is 2.02. The van der Waals surface area contributed by atoms with Gasteiger partial charge in [0.1, 0.15) is 17.3 Å². The lowest BCUT2D eigenvalue weighted by Gasteiger charge is -2.02. The van der Waals surface area contributed by atoms with Gasteiger partial charge in [-0.2, -0.15) is 0 Å². The summed E-state index contributed by atoms with van der Waals surface area (Å²) in [5.41, 5.74) is 2.66. The minimum atomic E-state index is -0.332. The molecule has 1 aromatic heterocycles. The van der Waals surface area contributed by atoms with Crippen molar-refractivity contribution in [3.05, 3.63) is 81.1 Å². The average Bonchev–Trinajstić information content (AvgIpc) is 3.24. The van der Waals surface area contributed by atoms with Gasteiger partial charge in [-0.25, -0.2) is 9.38 Å². The quantitative estimate of drug-likeness (QED) is 0.488. The molecule has 1 aliphatic heterocycles. The zero-order chi connectivity index (χ0) is 19.7. The Morgan fingerprint density at radius 1 is 1.14 bits per heavy atom. The number of hydrogen-bond donors (Lipinski definition) is 1. The molecule has 1 N–H and O–H groups in total. The van der Waals surface area contributed by atoms with E-state index in [1.165, 1.54) is 23.9 Å². The van der Waals surface area contributed by atoms with E-state index in [0.29, 0.717) is 27.3 Å². The lowest BCUT2D eigenvalue weighted by Crippen LogP contribution is -2.19. The fourth-order valence-corrected chi connectivity index (χ4v) is 4.15. The molecule has 1 saturated heterocycles. The Morgan fingerprint density at radius 3 is 2.68 bits per heavy atom. The third kappa shape index (κ3) is 4.10. The predicted molar refractivity (Wildman–Crippen MR) is 114 cm³/mol. The zero-order valence-corrected chi connectivity index (χ0v) is 17.1. The number of hydrogen-bond acceptors (Lipinski definition) is 4. The normalized spacial score (nSPS) is 16.8. The zero-order valence-electron chi connectivity index (χ0n) is 14.7. The number of halogens is 2. The molecule has 2 heterocycles. The van der Waals surface area contributed by atoms with Crippen LogP contribution in [0.3, 0.4) is 0 Å². The predicted octanol–water partition coefficient (Wildman–Crippen LogP) is 6.05. The van der Waals surface area contributed by atoms with Crippen molar-refractivity contribution >= 4 is 50.5 Å². The molecular weight excluding hydrogens is 443 g/mol. The number of benzene rings is 2. The van der Waals surface area contributed by atoms with Crippen molar-refractivity contribution in [2.24, 2.45) is 4.99 Å². The number of nitrogens with one attached hydrogen (secondary N) is 1. The highest BCUT2D eigenvalue weighted by Gasteiger charge is 2.24. The van der Waals surface area contributed by atoms with Crippen molar-refractivity contribution in [2.45, 2.75) is 6.92 Å². The highest BCUT2D eigenvalue weighted by molar-refractivity contribution is 9.10. The van der Waals surface area contributed by atoms with Gasteiger partial charge in [0.25, 0.3) is 5.91 Å². The molecule has 0 unspecified atom stereocenters. The Kier molecular flexibility index (Phi) is 5.19. The number of furan rings is 1. The maximum Gasteiger partial charge on any atom is 0.264 e. The van der Waals surface area contributed by atoms with Gasteiger partial charge in [-0.15, -0.1) is 0 Å². The summed E-state index contributed by atoms with van der Waals surface area (Å²) in [4.78, 5) is 17.0. The van der Waals surface area contributed by atoms with Crippen molar-refractivity contribution in [2.75, 3.05) is 0 Å². The van der Waals surface area contributed by atoms with Crippen LogP contribution in [-0.2, 0) is 4.79 Å². The first-order chi connectivity index (χ1) is 13.5. The monoisotopic (exact) mass is 456 g/mol. The second kappa shape index (κ2) is 7.77. The third-order valence-corrected chi connectivity index (χ3v) is 5.56. The van der Waals surface area contributed by atoms with Gasteiger partial charge in [0.2, 0.25) is 0 Å². The number of carbonyl (C=O) groups is 1. The molecule has 0 spiro atoms. The second-order valence-corrected chi connectivity index (χ2v) is 8.03. The van der Waals surface area contributed by atoms with E-state index in [-0.39, 0.29) is 11.7 Å². The van der Waals surface area contributed by atoms with Crippen molar-refractivity contribution in [1.82, 2.24) is 5.32 Å². The van der Waals surface area contributed by atoms with Gasteiger partial charge in [-0.1, -0.05) is 22.0 Å². The smallest absolute Gasteiger partial charge is 0.264 e. The maximum absolute atomic E-state index is 13.0. The molecule has 0 bridgehead atoms. The van der Waals surface area contributed by atoms with Crippen LogP contribution in [0.1, 0.15) is 11.3 Å². The Bertz CT molecular complexity index is 1120. The highest BCUT2D eigenvalue weighted by atomic mass is 79.9. The molecule has 1 amide bonds. The lowest BCUT2D eigenvalue weighted by molar-refractivity contribution is -0.115. The molecule has 28 heavy (non-hydrogen) atoms. The van der Waals surface area contributed by atoms with Crippen molar-refractivity contribution in [1.29, 1.82) is 0 Å². The molecule has 0 saturated carbocycles. The van der Waals surface area contributed by atoms with E-state index < -0.39 is 0 Å². The Hall–Kier alpha value is -2.64. The summed E-state index contributed by atoms with van der Waals surface area (Å²) in [6.07, 6.45) is 1.68. The molecule has 7 heteroatoms. The summed E-state index contributed by atoms with van der Waals surface area (Å²) in [6, 6.07) is 15.5. The fourth-order valence-electron chi connectivity index (χ4n) is 2.64. The largest absolute Gasteiger partial charge is 0.457 e. The SMILES string of the molecule is Cc1ccc(-c2ccc(/C=C3\SC(=Nc4ccc(F)cc4)NC3=O)o2)c(Br)c1. The summed E-state index contributed by atoms with van der Waals surface area (Å²) in [7, 11) is 0. The number of thioether (sulfide) groups is 1. The van der Waals surface area contributed by atoms with E-state index in [1.807, 2.05) is 37.3 Å². The van der Waals surface area contributed by atoms with Crippen LogP contribution in [0.2, 0.25) is 0 Å². The first-order valence-electron chi connectivity index (χ1n) is 8.39. The summed E-state index contributed by atoms with van der Waals surface area (Å²) < 4.78 is 19.8. The molecule has 3 aromatic rings. The van der Waals surface area contributed by atoms with Crippen LogP contribution in [0.25, 0.3) is 17.4 Å². The van der Waals surface area contributed by atoms with Crippen molar-refractivity contribution in [3.63, 3.8) is 0 Å². The van der Waals surface area contributed by atoms with Gasteiger partial charge in [0, 0.05) is 16.1 Å². The number of nitrogens with zero attached hydrogens (tertiary/aromatic N) is 1.